The molecule has 0 saturated carbocycles. The Kier molecular flexibility index (Phi) is 7.04. The second-order valence-electron chi connectivity index (χ2n) is 5.46. The van der Waals surface area contributed by atoms with E-state index in [2.05, 4.69) is 57.3 Å². The summed E-state index contributed by atoms with van der Waals surface area (Å²) in [5, 5.41) is 3.73. The molecule has 2 atom stereocenters. The molecule has 0 amide bonds. The lowest BCUT2D eigenvalue weighted by Crippen LogP contribution is -2.37. The van der Waals surface area contributed by atoms with Gasteiger partial charge in [0.1, 0.15) is 0 Å². The Morgan fingerprint density at radius 2 is 1.83 bits per heavy atom. The summed E-state index contributed by atoms with van der Waals surface area (Å²) in [5.74, 6) is 0.751. The maximum Gasteiger partial charge on any atom is 0.0133 e. The fourth-order valence-corrected chi connectivity index (χ4v) is 2.54. The Morgan fingerprint density at radius 1 is 1.11 bits per heavy atom. The second kappa shape index (κ2) is 8.31. The molecule has 0 fully saturated rings. The lowest BCUT2D eigenvalue weighted by atomic mass is 9.90. The molecular weight excluding hydrogens is 218 g/mol. The molecule has 1 N–H and O–H groups in total. The minimum Gasteiger partial charge on any atom is -0.313 e. The van der Waals surface area contributed by atoms with Crippen molar-refractivity contribution in [1.29, 1.82) is 0 Å². The lowest BCUT2D eigenvalue weighted by molar-refractivity contribution is 0.352. The van der Waals surface area contributed by atoms with Crippen molar-refractivity contribution in [3.8, 4) is 0 Å². The van der Waals surface area contributed by atoms with Crippen molar-refractivity contribution in [1.82, 2.24) is 5.32 Å². The lowest BCUT2D eigenvalue weighted by Gasteiger charge is -2.26. The van der Waals surface area contributed by atoms with Crippen molar-refractivity contribution in [2.45, 2.75) is 59.4 Å². The summed E-state index contributed by atoms with van der Waals surface area (Å²) in [6, 6.07) is 9.39. The first-order valence-electron chi connectivity index (χ1n) is 7.46. The van der Waals surface area contributed by atoms with Gasteiger partial charge in [-0.1, -0.05) is 51.5 Å². The summed E-state index contributed by atoms with van der Waals surface area (Å²) >= 11 is 0. The van der Waals surface area contributed by atoms with Crippen LogP contribution in [0.4, 0.5) is 0 Å². The summed E-state index contributed by atoms with van der Waals surface area (Å²) in [4.78, 5) is 0. The first-order chi connectivity index (χ1) is 8.69. The molecule has 1 aromatic rings. The third-order valence-electron chi connectivity index (χ3n) is 3.79. The molecule has 1 heteroatoms. The Morgan fingerprint density at radius 3 is 2.44 bits per heavy atom. The van der Waals surface area contributed by atoms with E-state index < -0.39 is 0 Å². The SMILES string of the molecule is CCCNC(Cc1ccccc1C)C(C)CCC. The number of aryl methyl sites for hydroxylation is 1. The van der Waals surface area contributed by atoms with Gasteiger partial charge < -0.3 is 5.32 Å². The molecule has 0 saturated heterocycles. The largest absolute Gasteiger partial charge is 0.313 e. The fraction of sp³-hybridized carbons (Fsp3) is 0.647. The Hall–Kier alpha value is -0.820. The highest BCUT2D eigenvalue weighted by molar-refractivity contribution is 5.26. The van der Waals surface area contributed by atoms with Crippen LogP contribution in [0.25, 0.3) is 0 Å². The fourth-order valence-electron chi connectivity index (χ4n) is 2.54. The van der Waals surface area contributed by atoms with Crippen molar-refractivity contribution < 1.29 is 0 Å². The van der Waals surface area contributed by atoms with Crippen molar-refractivity contribution in [2.75, 3.05) is 6.54 Å². The first kappa shape index (κ1) is 15.2. The molecule has 1 aromatic carbocycles. The Bertz CT molecular complexity index is 332. The summed E-state index contributed by atoms with van der Waals surface area (Å²) < 4.78 is 0. The number of rotatable bonds is 8. The van der Waals surface area contributed by atoms with Gasteiger partial charge in [0, 0.05) is 6.04 Å². The van der Waals surface area contributed by atoms with E-state index in [4.69, 9.17) is 0 Å². The predicted molar refractivity (Wildman–Crippen MR) is 81.0 cm³/mol. The van der Waals surface area contributed by atoms with E-state index >= 15 is 0 Å². The molecule has 0 aromatic heterocycles. The van der Waals surface area contributed by atoms with Gasteiger partial charge in [-0.15, -0.1) is 0 Å². The summed E-state index contributed by atoms with van der Waals surface area (Å²) in [7, 11) is 0. The minimum atomic E-state index is 0.617. The van der Waals surface area contributed by atoms with Gasteiger partial charge in [-0.05, 0) is 49.8 Å². The maximum atomic E-state index is 3.73. The van der Waals surface area contributed by atoms with Gasteiger partial charge in [0.05, 0.1) is 0 Å². The molecule has 0 bridgehead atoms. The number of hydrogen-bond acceptors (Lipinski definition) is 1. The van der Waals surface area contributed by atoms with E-state index in [1.54, 1.807) is 0 Å². The van der Waals surface area contributed by atoms with Crippen LogP contribution in [-0.4, -0.2) is 12.6 Å². The van der Waals surface area contributed by atoms with Gasteiger partial charge >= 0.3 is 0 Å². The average Bonchev–Trinajstić information content (AvgIpc) is 2.36. The van der Waals surface area contributed by atoms with Crippen LogP contribution in [0, 0.1) is 12.8 Å². The van der Waals surface area contributed by atoms with Crippen LogP contribution in [0.1, 0.15) is 51.2 Å². The van der Waals surface area contributed by atoms with Gasteiger partial charge in [-0.3, -0.25) is 0 Å². The Balaban J connectivity index is 2.68. The molecule has 0 aliphatic rings. The van der Waals surface area contributed by atoms with E-state index in [0.717, 1.165) is 18.9 Å². The molecule has 18 heavy (non-hydrogen) atoms. The van der Waals surface area contributed by atoms with E-state index in [0.29, 0.717) is 6.04 Å². The van der Waals surface area contributed by atoms with Crippen LogP contribution >= 0.6 is 0 Å². The molecule has 1 rings (SSSR count). The van der Waals surface area contributed by atoms with E-state index in [9.17, 15) is 0 Å². The standard InChI is InChI=1S/C17H29N/c1-5-9-15(4)17(18-12-6-2)13-16-11-8-7-10-14(16)3/h7-8,10-11,15,17-18H,5-6,9,12-13H2,1-4H3. The molecule has 0 heterocycles. The highest BCUT2D eigenvalue weighted by Gasteiger charge is 2.16. The zero-order valence-electron chi connectivity index (χ0n) is 12.5. The minimum absolute atomic E-state index is 0.617. The molecule has 0 aliphatic carbocycles. The van der Waals surface area contributed by atoms with Crippen molar-refractivity contribution in [3.63, 3.8) is 0 Å². The maximum absolute atomic E-state index is 3.73. The summed E-state index contributed by atoms with van der Waals surface area (Å²) in [6.07, 6.45) is 4.96. The molecule has 0 radical (unpaired) electrons. The highest BCUT2D eigenvalue weighted by atomic mass is 14.9. The van der Waals surface area contributed by atoms with Gasteiger partial charge in [0.25, 0.3) is 0 Å². The smallest absolute Gasteiger partial charge is 0.0133 e. The molecular formula is C17H29N. The van der Waals surface area contributed by atoms with Crippen LogP contribution in [0.15, 0.2) is 24.3 Å². The third-order valence-corrected chi connectivity index (χ3v) is 3.79. The molecule has 0 aliphatic heterocycles. The quantitative estimate of drug-likeness (QED) is 0.720. The van der Waals surface area contributed by atoms with Crippen LogP contribution in [0.3, 0.4) is 0 Å². The van der Waals surface area contributed by atoms with E-state index in [-0.39, 0.29) is 0 Å². The molecule has 1 nitrogen and oxygen atoms in total. The molecule has 102 valence electrons. The summed E-state index contributed by atoms with van der Waals surface area (Å²) in [6.45, 7) is 10.2. The first-order valence-corrected chi connectivity index (χ1v) is 7.46. The van der Waals surface area contributed by atoms with Crippen LogP contribution in [0.5, 0.6) is 0 Å². The predicted octanol–water partition coefficient (Wildman–Crippen LogP) is 4.34. The van der Waals surface area contributed by atoms with Crippen molar-refractivity contribution in [2.24, 2.45) is 5.92 Å². The van der Waals surface area contributed by atoms with Gasteiger partial charge in [-0.2, -0.15) is 0 Å². The average molecular weight is 247 g/mol. The highest BCUT2D eigenvalue weighted by Crippen LogP contribution is 2.17. The van der Waals surface area contributed by atoms with Gasteiger partial charge in [-0.25, -0.2) is 0 Å². The van der Waals surface area contributed by atoms with E-state index in [1.165, 1.54) is 30.4 Å². The topological polar surface area (TPSA) is 12.0 Å². The molecule has 2 unspecified atom stereocenters. The zero-order chi connectivity index (χ0) is 13.4. The number of nitrogens with one attached hydrogen (secondary N) is 1. The summed E-state index contributed by atoms with van der Waals surface area (Å²) in [5.41, 5.74) is 2.92. The number of benzene rings is 1. The van der Waals surface area contributed by atoms with E-state index in [1.807, 2.05) is 0 Å². The van der Waals surface area contributed by atoms with Crippen LogP contribution in [-0.2, 0) is 6.42 Å². The van der Waals surface area contributed by atoms with Gasteiger partial charge in [0.15, 0.2) is 0 Å². The Labute approximate surface area is 113 Å². The van der Waals surface area contributed by atoms with Crippen LogP contribution < -0.4 is 5.32 Å². The normalized spacial score (nSPS) is 14.4. The monoisotopic (exact) mass is 247 g/mol. The molecule has 0 spiro atoms. The third kappa shape index (κ3) is 4.81. The van der Waals surface area contributed by atoms with Gasteiger partial charge in [0.2, 0.25) is 0 Å². The zero-order valence-corrected chi connectivity index (χ0v) is 12.5. The van der Waals surface area contributed by atoms with Crippen molar-refractivity contribution >= 4 is 0 Å². The van der Waals surface area contributed by atoms with Crippen LogP contribution in [0.2, 0.25) is 0 Å². The second-order valence-corrected chi connectivity index (χ2v) is 5.46. The number of hydrogen-bond donors (Lipinski definition) is 1. The van der Waals surface area contributed by atoms with Crippen molar-refractivity contribution in [3.05, 3.63) is 35.4 Å².